The van der Waals surface area contributed by atoms with Crippen molar-refractivity contribution in [3.8, 4) is 5.69 Å². The van der Waals surface area contributed by atoms with Crippen molar-refractivity contribution in [3.63, 3.8) is 0 Å². The molecule has 0 saturated heterocycles. The number of thioether (sulfide) groups is 1. The topological polar surface area (TPSA) is 94.2 Å². The molecule has 1 aliphatic heterocycles. The maximum absolute atomic E-state index is 12.5. The predicted molar refractivity (Wildman–Crippen MR) is 114 cm³/mol. The number of aromatic nitrogens is 1. The highest BCUT2D eigenvalue weighted by Crippen LogP contribution is 2.29. The largest absolute Gasteiger partial charge is 0.384 e. The third-order valence-electron chi connectivity index (χ3n) is 4.46. The van der Waals surface area contributed by atoms with Crippen molar-refractivity contribution in [1.82, 2.24) is 9.88 Å². The SMILES string of the molecule is Nc1c2c(cc(=O)n1-c1ccc(SCc3ccc(Cl)cc3Cl)cc1)C(=O)NC2=O. The van der Waals surface area contributed by atoms with Crippen LogP contribution >= 0.6 is 35.0 Å². The summed E-state index contributed by atoms with van der Waals surface area (Å²) in [6, 6.07) is 13.6. The summed E-state index contributed by atoms with van der Waals surface area (Å²) in [5.74, 6) is -0.639. The Hall–Kier alpha value is -2.74. The molecule has 1 aliphatic rings. The lowest BCUT2D eigenvalue weighted by atomic mass is 10.1. The molecule has 9 heteroatoms. The zero-order valence-electron chi connectivity index (χ0n) is 14.7. The summed E-state index contributed by atoms with van der Waals surface area (Å²) in [5, 5.41) is 3.33. The lowest BCUT2D eigenvalue weighted by Gasteiger charge is -2.12. The van der Waals surface area contributed by atoms with Crippen LogP contribution in [0.4, 0.5) is 5.82 Å². The van der Waals surface area contributed by atoms with Gasteiger partial charge in [-0.05, 0) is 42.0 Å². The van der Waals surface area contributed by atoms with Crippen LogP contribution in [-0.2, 0) is 5.75 Å². The van der Waals surface area contributed by atoms with Gasteiger partial charge >= 0.3 is 0 Å². The van der Waals surface area contributed by atoms with Gasteiger partial charge in [-0.15, -0.1) is 11.8 Å². The van der Waals surface area contributed by atoms with Gasteiger partial charge in [-0.2, -0.15) is 0 Å². The predicted octanol–water partition coefficient (Wildman–Crippen LogP) is 3.90. The maximum Gasteiger partial charge on any atom is 0.262 e. The molecular weight excluding hydrogens is 433 g/mol. The van der Waals surface area contributed by atoms with Gasteiger partial charge in [-0.3, -0.25) is 24.3 Å². The molecule has 0 radical (unpaired) electrons. The molecule has 0 spiro atoms. The number of imide groups is 1. The zero-order chi connectivity index (χ0) is 20.7. The lowest BCUT2D eigenvalue weighted by molar-refractivity contribution is 0.0880. The Morgan fingerprint density at radius 3 is 2.38 bits per heavy atom. The van der Waals surface area contributed by atoms with Gasteiger partial charge in [0, 0.05) is 26.8 Å². The molecule has 0 aliphatic carbocycles. The number of nitrogen functional groups attached to an aromatic ring is 1. The summed E-state index contributed by atoms with van der Waals surface area (Å²) in [4.78, 5) is 37.1. The van der Waals surface area contributed by atoms with E-state index in [1.54, 1.807) is 36.0 Å². The number of anilines is 1. The van der Waals surface area contributed by atoms with Crippen molar-refractivity contribution in [1.29, 1.82) is 0 Å². The Bertz CT molecular complexity index is 1220. The van der Waals surface area contributed by atoms with E-state index in [-0.39, 0.29) is 16.9 Å². The first-order chi connectivity index (χ1) is 13.8. The third kappa shape index (κ3) is 3.64. The molecule has 0 saturated carbocycles. The van der Waals surface area contributed by atoms with Gasteiger partial charge in [0.1, 0.15) is 5.82 Å². The fourth-order valence-electron chi connectivity index (χ4n) is 3.04. The number of rotatable bonds is 4. The summed E-state index contributed by atoms with van der Waals surface area (Å²) < 4.78 is 1.21. The monoisotopic (exact) mass is 445 g/mol. The average Bonchev–Trinajstić information content (AvgIpc) is 2.95. The molecular formula is C20H13Cl2N3O3S. The number of carbonyl (C=O) groups is 2. The minimum atomic E-state index is -0.617. The number of nitrogens with one attached hydrogen (secondary N) is 1. The van der Waals surface area contributed by atoms with Crippen LogP contribution in [0.1, 0.15) is 26.3 Å². The molecule has 2 aromatic carbocycles. The number of nitrogens with two attached hydrogens (primary N) is 1. The molecule has 2 amide bonds. The van der Waals surface area contributed by atoms with Crippen LogP contribution in [0.15, 0.2) is 58.2 Å². The summed E-state index contributed by atoms with van der Waals surface area (Å²) in [6.07, 6.45) is 0. The standard InChI is InChI=1S/C20H13Cl2N3O3S/c21-11-2-1-10(15(22)7-11)9-29-13-5-3-12(4-6-13)25-16(26)8-14-17(18(25)23)20(28)24-19(14)27/h1-8H,9,23H2,(H,24,27,28). The summed E-state index contributed by atoms with van der Waals surface area (Å²) in [5.41, 5.74) is 7.03. The van der Waals surface area contributed by atoms with E-state index < -0.39 is 17.4 Å². The lowest BCUT2D eigenvalue weighted by Crippen LogP contribution is -2.24. The van der Waals surface area contributed by atoms with Gasteiger partial charge in [0.25, 0.3) is 17.4 Å². The van der Waals surface area contributed by atoms with Crippen LogP contribution in [0.3, 0.4) is 0 Å². The van der Waals surface area contributed by atoms with Gasteiger partial charge in [-0.25, -0.2) is 0 Å². The summed E-state index contributed by atoms with van der Waals surface area (Å²) in [7, 11) is 0. The maximum atomic E-state index is 12.5. The first kappa shape index (κ1) is 19.6. The van der Waals surface area contributed by atoms with Gasteiger partial charge < -0.3 is 5.73 Å². The highest BCUT2D eigenvalue weighted by Gasteiger charge is 2.31. The molecule has 4 rings (SSSR count). The van der Waals surface area contributed by atoms with E-state index in [4.69, 9.17) is 28.9 Å². The Balaban J connectivity index is 1.60. The molecule has 0 bridgehead atoms. The number of fused-ring (bicyclic) bond motifs is 1. The fourth-order valence-corrected chi connectivity index (χ4v) is 4.49. The first-order valence-electron chi connectivity index (χ1n) is 8.43. The molecule has 2 heterocycles. The zero-order valence-corrected chi connectivity index (χ0v) is 17.1. The minimum absolute atomic E-state index is 0.000712. The van der Waals surface area contributed by atoms with E-state index in [1.807, 2.05) is 18.2 Å². The highest BCUT2D eigenvalue weighted by atomic mass is 35.5. The van der Waals surface area contributed by atoms with Gasteiger partial charge in [0.05, 0.1) is 16.8 Å². The van der Waals surface area contributed by atoms with E-state index >= 15 is 0 Å². The molecule has 3 N–H and O–H groups in total. The number of benzene rings is 2. The Labute approximate surface area is 179 Å². The van der Waals surface area contributed by atoms with Gasteiger partial charge in [0.15, 0.2) is 0 Å². The molecule has 3 aromatic rings. The molecule has 0 fully saturated rings. The third-order valence-corrected chi connectivity index (χ3v) is 6.11. The van der Waals surface area contributed by atoms with Gasteiger partial charge in [-0.1, -0.05) is 29.3 Å². The highest BCUT2D eigenvalue weighted by molar-refractivity contribution is 7.98. The normalized spacial score (nSPS) is 12.8. The second-order valence-corrected chi connectivity index (χ2v) is 8.19. The number of halogens is 2. The molecule has 1 aromatic heterocycles. The van der Waals surface area contributed by atoms with Crippen LogP contribution in [0.25, 0.3) is 5.69 Å². The number of hydrogen-bond donors (Lipinski definition) is 2. The van der Waals surface area contributed by atoms with E-state index in [0.29, 0.717) is 21.5 Å². The molecule has 146 valence electrons. The Kier molecular flexibility index (Phi) is 5.12. The second-order valence-electron chi connectivity index (χ2n) is 6.29. The van der Waals surface area contributed by atoms with Crippen molar-refractivity contribution < 1.29 is 9.59 Å². The van der Waals surface area contributed by atoms with E-state index in [9.17, 15) is 14.4 Å². The molecule has 29 heavy (non-hydrogen) atoms. The summed E-state index contributed by atoms with van der Waals surface area (Å²) in [6.45, 7) is 0. The van der Waals surface area contributed by atoms with Crippen LogP contribution in [0.5, 0.6) is 0 Å². The van der Waals surface area contributed by atoms with Crippen LogP contribution in [0, 0.1) is 0 Å². The molecule has 6 nitrogen and oxygen atoms in total. The number of hydrogen-bond acceptors (Lipinski definition) is 5. The molecule has 0 unspecified atom stereocenters. The smallest absolute Gasteiger partial charge is 0.262 e. The summed E-state index contributed by atoms with van der Waals surface area (Å²) >= 11 is 13.7. The molecule has 0 atom stereocenters. The van der Waals surface area contributed by atoms with Crippen molar-refractivity contribution in [2.75, 3.05) is 5.73 Å². The van der Waals surface area contributed by atoms with Crippen LogP contribution in [-0.4, -0.2) is 16.4 Å². The Morgan fingerprint density at radius 2 is 1.69 bits per heavy atom. The van der Waals surface area contributed by atoms with Crippen LogP contribution < -0.4 is 16.6 Å². The van der Waals surface area contributed by atoms with Gasteiger partial charge in [0.2, 0.25) is 0 Å². The number of nitrogens with zero attached hydrogens (tertiary/aromatic N) is 1. The number of pyridine rings is 1. The van der Waals surface area contributed by atoms with Crippen molar-refractivity contribution >= 4 is 52.6 Å². The number of carbonyl (C=O) groups excluding carboxylic acids is 2. The van der Waals surface area contributed by atoms with E-state index in [1.165, 1.54) is 4.57 Å². The Morgan fingerprint density at radius 1 is 0.966 bits per heavy atom. The van der Waals surface area contributed by atoms with Crippen molar-refractivity contribution in [2.45, 2.75) is 10.6 Å². The average molecular weight is 446 g/mol. The quantitative estimate of drug-likeness (QED) is 0.468. The minimum Gasteiger partial charge on any atom is -0.384 e. The van der Waals surface area contributed by atoms with Crippen molar-refractivity contribution in [3.05, 3.63) is 85.6 Å². The number of amides is 2. The van der Waals surface area contributed by atoms with E-state index in [2.05, 4.69) is 5.32 Å². The second kappa shape index (κ2) is 7.59. The van der Waals surface area contributed by atoms with Crippen molar-refractivity contribution in [2.24, 2.45) is 0 Å². The van der Waals surface area contributed by atoms with Crippen LogP contribution in [0.2, 0.25) is 10.0 Å². The van der Waals surface area contributed by atoms with E-state index in [0.717, 1.165) is 16.5 Å². The fraction of sp³-hybridized carbons (Fsp3) is 0.0500. The first-order valence-corrected chi connectivity index (χ1v) is 10.2.